The molecule has 5 nitrogen and oxygen atoms in total. The van der Waals surface area contributed by atoms with E-state index in [-0.39, 0.29) is 6.04 Å². The molecule has 0 aromatic heterocycles. The van der Waals surface area contributed by atoms with Crippen molar-refractivity contribution in [2.24, 2.45) is 0 Å². The zero-order valence-corrected chi connectivity index (χ0v) is 8.88. The summed E-state index contributed by atoms with van der Waals surface area (Å²) in [6.45, 7) is 0. The number of nitrogens with one attached hydrogen (secondary N) is 2. The molecular weight excluding hydrogens is 241 g/mol. The number of amides is 2. The fraction of sp³-hybridized carbons (Fsp3) is 0.778. The van der Waals surface area contributed by atoms with Crippen LogP contribution < -0.4 is 10.6 Å². The van der Waals surface area contributed by atoms with Gasteiger partial charge in [0.1, 0.15) is 0 Å². The predicted molar refractivity (Wildman–Crippen MR) is 51.4 cm³/mol. The summed E-state index contributed by atoms with van der Waals surface area (Å²) in [5, 5.41) is 12.6. The summed E-state index contributed by atoms with van der Waals surface area (Å²) < 4.78 is 35.9. The average Bonchev–Trinajstić information content (AvgIpc) is 2.18. The van der Waals surface area contributed by atoms with Gasteiger partial charge in [-0.2, -0.15) is 13.2 Å². The standard InChI is InChI=1S/C9H13F3N2O3/c10-9(11,12)7(15)13-5-1-3-6(4-2-5)14-8(16)17/h5-6,14H,1-4H2,(H,13,15)(H,16,17). The first kappa shape index (κ1) is 13.6. The van der Waals surface area contributed by atoms with Crippen LogP contribution in [-0.4, -0.2) is 35.4 Å². The Hall–Kier alpha value is -1.47. The topological polar surface area (TPSA) is 78.4 Å². The van der Waals surface area contributed by atoms with Gasteiger partial charge in [0.05, 0.1) is 0 Å². The van der Waals surface area contributed by atoms with Crippen molar-refractivity contribution < 1.29 is 27.9 Å². The van der Waals surface area contributed by atoms with Gasteiger partial charge in [0, 0.05) is 12.1 Å². The number of hydrogen-bond acceptors (Lipinski definition) is 2. The van der Waals surface area contributed by atoms with Crippen molar-refractivity contribution >= 4 is 12.0 Å². The van der Waals surface area contributed by atoms with E-state index in [1.807, 2.05) is 5.32 Å². The van der Waals surface area contributed by atoms with E-state index in [4.69, 9.17) is 5.11 Å². The minimum atomic E-state index is -4.86. The van der Waals surface area contributed by atoms with E-state index in [0.29, 0.717) is 25.7 Å². The van der Waals surface area contributed by atoms with E-state index in [1.165, 1.54) is 0 Å². The molecule has 0 aliphatic heterocycles. The Balaban J connectivity index is 2.33. The molecule has 1 fully saturated rings. The number of halogens is 3. The Morgan fingerprint density at radius 2 is 1.41 bits per heavy atom. The molecule has 0 saturated heterocycles. The Morgan fingerprint density at radius 1 is 1.00 bits per heavy atom. The Kier molecular flexibility index (Phi) is 4.19. The summed E-state index contributed by atoms with van der Waals surface area (Å²) in [6, 6.07) is -0.775. The fourth-order valence-electron chi connectivity index (χ4n) is 1.82. The summed E-state index contributed by atoms with van der Waals surface area (Å²) in [4.78, 5) is 21.0. The number of rotatable bonds is 2. The van der Waals surface area contributed by atoms with E-state index in [9.17, 15) is 22.8 Å². The summed E-state index contributed by atoms with van der Waals surface area (Å²) >= 11 is 0. The highest BCUT2D eigenvalue weighted by atomic mass is 19.4. The van der Waals surface area contributed by atoms with Gasteiger partial charge in [0.15, 0.2) is 0 Å². The highest BCUT2D eigenvalue weighted by Gasteiger charge is 2.40. The molecular formula is C9H13F3N2O3. The molecule has 1 aliphatic rings. The highest BCUT2D eigenvalue weighted by molar-refractivity contribution is 5.81. The maximum absolute atomic E-state index is 12.0. The van der Waals surface area contributed by atoms with Crippen LogP contribution in [0.5, 0.6) is 0 Å². The molecule has 17 heavy (non-hydrogen) atoms. The van der Waals surface area contributed by atoms with E-state index in [1.54, 1.807) is 0 Å². The van der Waals surface area contributed by atoms with Crippen LogP contribution in [0.3, 0.4) is 0 Å². The van der Waals surface area contributed by atoms with Crippen LogP contribution in [0.25, 0.3) is 0 Å². The minimum absolute atomic E-state index is 0.244. The van der Waals surface area contributed by atoms with Crippen molar-refractivity contribution in [1.29, 1.82) is 0 Å². The van der Waals surface area contributed by atoms with Crippen molar-refractivity contribution in [2.45, 2.75) is 43.9 Å². The van der Waals surface area contributed by atoms with Crippen LogP contribution in [0, 0.1) is 0 Å². The van der Waals surface area contributed by atoms with Crippen LogP contribution in [0.4, 0.5) is 18.0 Å². The highest BCUT2D eigenvalue weighted by Crippen LogP contribution is 2.21. The summed E-state index contributed by atoms with van der Waals surface area (Å²) in [5.74, 6) is -1.94. The second kappa shape index (κ2) is 5.24. The fourth-order valence-corrected chi connectivity index (χ4v) is 1.82. The molecule has 0 unspecified atom stereocenters. The average molecular weight is 254 g/mol. The first-order valence-electron chi connectivity index (χ1n) is 5.16. The van der Waals surface area contributed by atoms with Gasteiger partial charge in [-0.05, 0) is 25.7 Å². The quantitative estimate of drug-likeness (QED) is 0.693. The number of hydrogen-bond donors (Lipinski definition) is 3. The monoisotopic (exact) mass is 254 g/mol. The van der Waals surface area contributed by atoms with Crippen molar-refractivity contribution in [3.63, 3.8) is 0 Å². The molecule has 98 valence electrons. The predicted octanol–water partition coefficient (Wildman–Crippen LogP) is 1.24. The largest absolute Gasteiger partial charge is 0.471 e. The molecule has 0 atom stereocenters. The van der Waals surface area contributed by atoms with Crippen LogP contribution in [0.15, 0.2) is 0 Å². The Bertz CT molecular complexity index is 298. The third kappa shape index (κ3) is 4.49. The molecule has 0 bridgehead atoms. The molecule has 1 rings (SSSR count). The van der Waals surface area contributed by atoms with Crippen molar-refractivity contribution in [1.82, 2.24) is 10.6 Å². The summed E-state index contributed by atoms with van der Waals surface area (Å²) in [6.07, 6.45) is -4.48. The van der Waals surface area contributed by atoms with Crippen molar-refractivity contribution in [3.05, 3.63) is 0 Å². The van der Waals surface area contributed by atoms with Crippen LogP contribution in [0.1, 0.15) is 25.7 Å². The minimum Gasteiger partial charge on any atom is -0.465 e. The summed E-state index contributed by atoms with van der Waals surface area (Å²) in [5.41, 5.74) is 0. The van der Waals surface area contributed by atoms with E-state index >= 15 is 0 Å². The molecule has 0 heterocycles. The number of carbonyl (C=O) groups excluding carboxylic acids is 1. The molecule has 0 aromatic rings. The molecule has 0 aromatic carbocycles. The van der Waals surface area contributed by atoms with Gasteiger partial charge in [0.25, 0.3) is 0 Å². The first-order valence-corrected chi connectivity index (χ1v) is 5.16. The Labute approximate surface area is 95.4 Å². The van der Waals surface area contributed by atoms with E-state index in [2.05, 4.69) is 5.32 Å². The van der Waals surface area contributed by atoms with Gasteiger partial charge in [-0.3, -0.25) is 4.79 Å². The zero-order valence-electron chi connectivity index (χ0n) is 8.88. The number of carbonyl (C=O) groups is 2. The molecule has 2 amide bonds. The lowest BCUT2D eigenvalue weighted by molar-refractivity contribution is -0.174. The number of carboxylic acid groups (broad SMARTS) is 1. The van der Waals surface area contributed by atoms with Gasteiger partial charge < -0.3 is 15.7 Å². The van der Waals surface area contributed by atoms with E-state index in [0.717, 1.165) is 0 Å². The normalized spacial score (nSPS) is 25.1. The SMILES string of the molecule is O=C(O)NC1CCC(NC(=O)C(F)(F)F)CC1. The Morgan fingerprint density at radius 3 is 1.76 bits per heavy atom. The van der Waals surface area contributed by atoms with Crippen LogP contribution in [0.2, 0.25) is 0 Å². The van der Waals surface area contributed by atoms with Gasteiger partial charge >= 0.3 is 18.2 Å². The lowest BCUT2D eigenvalue weighted by atomic mass is 9.91. The van der Waals surface area contributed by atoms with E-state index < -0.39 is 24.2 Å². The second-order valence-corrected chi connectivity index (χ2v) is 3.97. The first-order chi connectivity index (χ1) is 7.79. The van der Waals surface area contributed by atoms with Crippen molar-refractivity contribution in [2.75, 3.05) is 0 Å². The zero-order chi connectivity index (χ0) is 13.1. The number of alkyl halides is 3. The molecule has 0 radical (unpaired) electrons. The maximum Gasteiger partial charge on any atom is 0.471 e. The van der Waals surface area contributed by atoms with Crippen LogP contribution in [-0.2, 0) is 4.79 Å². The summed E-state index contributed by atoms with van der Waals surface area (Å²) in [7, 11) is 0. The lowest BCUT2D eigenvalue weighted by Crippen LogP contribution is -2.47. The lowest BCUT2D eigenvalue weighted by Gasteiger charge is -2.29. The van der Waals surface area contributed by atoms with Crippen LogP contribution >= 0.6 is 0 Å². The van der Waals surface area contributed by atoms with Crippen molar-refractivity contribution in [3.8, 4) is 0 Å². The second-order valence-electron chi connectivity index (χ2n) is 3.97. The molecule has 1 saturated carbocycles. The van der Waals surface area contributed by atoms with Gasteiger partial charge in [0.2, 0.25) is 0 Å². The third-order valence-electron chi connectivity index (χ3n) is 2.65. The maximum atomic E-state index is 12.0. The third-order valence-corrected chi connectivity index (χ3v) is 2.65. The molecule has 1 aliphatic carbocycles. The van der Waals surface area contributed by atoms with Gasteiger partial charge in [-0.15, -0.1) is 0 Å². The smallest absolute Gasteiger partial charge is 0.465 e. The van der Waals surface area contributed by atoms with Gasteiger partial charge in [-0.25, -0.2) is 4.79 Å². The molecule has 3 N–H and O–H groups in total. The molecule has 0 spiro atoms. The molecule has 8 heteroatoms. The van der Waals surface area contributed by atoms with Gasteiger partial charge in [-0.1, -0.05) is 0 Å².